The lowest BCUT2D eigenvalue weighted by atomic mass is 10.0. The Morgan fingerprint density at radius 2 is 1.59 bits per heavy atom. The molecular formula is C27H22FNO4S. The third-order valence-corrected chi connectivity index (χ3v) is 6.21. The monoisotopic (exact) mass is 475 g/mol. The molecule has 0 bridgehead atoms. The third kappa shape index (κ3) is 5.00. The zero-order valence-corrected chi connectivity index (χ0v) is 19.4. The zero-order valence-electron chi connectivity index (χ0n) is 18.6. The summed E-state index contributed by atoms with van der Waals surface area (Å²) in [5.41, 5.74) is 3.34. The van der Waals surface area contributed by atoms with E-state index in [9.17, 15) is 14.0 Å². The lowest BCUT2D eigenvalue weighted by Crippen LogP contribution is -2.21. The maximum atomic E-state index is 13.4. The summed E-state index contributed by atoms with van der Waals surface area (Å²) in [6.07, 6.45) is 0. The zero-order chi connectivity index (χ0) is 24.1. The van der Waals surface area contributed by atoms with Crippen LogP contribution in [0.3, 0.4) is 0 Å². The number of hydrogen-bond donors (Lipinski definition) is 1. The van der Waals surface area contributed by atoms with Gasteiger partial charge in [0.2, 0.25) is 0 Å². The number of hydrogen-bond acceptors (Lipinski definition) is 5. The summed E-state index contributed by atoms with van der Waals surface area (Å²) in [6, 6.07) is 23.0. The molecule has 4 rings (SSSR count). The molecule has 0 aliphatic rings. The van der Waals surface area contributed by atoms with E-state index in [2.05, 4.69) is 5.32 Å². The summed E-state index contributed by atoms with van der Waals surface area (Å²) < 4.78 is 24.2. The quantitative estimate of drug-likeness (QED) is 0.317. The Balaban J connectivity index is 1.56. The minimum absolute atomic E-state index is 0.231. The van der Waals surface area contributed by atoms with Gasteiger partial charge in [0.25, 0.3) is 5.91 Å². The average molecular weight is 476 g/mol. The van der Waals surface area contributed by atoms with Crippen molar-refractivity contribution < 1.29 is 23.5 Å². The summed E-state index contributed by atoms with van der Waals surface area (Å²) in [5.74, 6) is -0.807. The Bertz CT molecular complexity index is 1320. The van der Waals surface area contributed by atoms with Crippen molar-refractivity contribution >= 4 is 28.2 Å². The fraction of sp³-hybridized carbons (Fsp3) is 0.111. The first-order valence-electron chi connectivity index (χ1n) is 10.5. The molecule has 0 atom stereocenters. The first kappa shape index (κ1) is 23.2. The van der Waals surface area contributed by atoms with Gasteiger partial charge >= 0.3 is 5.97 Å². The van der Waals surface area contributed by atoms with Crippen LogP contribution in [-0.2, 0) is 9.53 Å². The topological polar surface area (TPSA) is 64.6 Å². The first-order chi connectivity index (χ1) is 16.5. The number of para-hydroxylation sites is 1. The molecule has 172 valence electrons. The van der Waals surface area contributed by atoms with Gasteiger partial charge in [-0.25, -0.2) is 9.18 Å². The van der Waals surface area contributed by atoms with Gasteiger partial charge in [-0.1, -0.05) is 60.7 Å². The number of halogens is 1. The smallest absolute Gasteiger partial charge is 0.341 e. The number of methoxy groups -OCH3 is 1. The Morgan fingerprint density at radius 1 is 0.912 bits per heavy atom. The number of nitrogens with one attached hydrogen (secondary N) is 1. The van der Waals surface area contributed by atoms with Crippen LogP contribution < -0.4 is 10.1 Å². The second-order valence-corrected chi connectivity index (χ2v) is 8.66. The number of ether oxygens (including phenoxy) is 2. The minimum Gasteiger partial charge on any atom is -0.483 e. The van der Waals surface area contributed by atoms with Crippen molar-refractivity contribution in [3.63, 3.8) is 0 Å². The van der Waals surface area contributed by atoms with E-state index < -0.39 is 11.9 Å². The number of esters is 1. The number of rotatable bonds is 7. The van der Waals surface area contributed by atoms with Crippen LogP contribution in [0.25, 0.3) is 22.3 Å². The highest BCUT2D eigenvalue weighted by Crippen LogP contribution is 2.40. The maximum Gasteiger partial charge on any atom is 0.341 e. The van der Waals surface area contributed by atoms with Gasteiger partial charge in [0.1, 0.15) is 22.1 Å². The summed E-state index contributed by atoms with van der Waals surface area (Å²) in [5, 5.41) is 3.13. The van der Waals surface area contributed by atoms with Crippen LogP contribution in [0.15, 0.2) is 78.9 Å². The van der Waals surface area contributed by atoms with Crippen molar-refractivity contribution in [2.45, 2.75) is 6.92 Å². The van der Waals surface area contributed by atoms with Crippen LogP contribution in [0.2, 0.25) is 0 Å². The summed E-state index contributed by atoms with van der Waals surface area (Å²) >= 11 is 1.25. The number of carbonyl (C=O) groups excluding carboxylic acids is 2. The molecule has 0 spiro atoms. The lowest BCUT2D eigenvalue weighted by Gasteiger charge is -2.12. The fourth-order valence-corrected chi connectivity index (χ4v) is 4.73. The van der Waals surface area contributed by atoms with Gasteiger partial charge in [0.15, 0.2) is 6.61 Å². The SMILES string of the molecule is COC(=O)c1c(NC(=O)COc2ccccc2-c2ccccc2)sc(C)c1-c1ccc(F)cc1. The van der Waals surface area contributed by atoms with E-state index in [4.69, 9.17) is 9.47 Å². The Hall–Kier alpha value is -3.97. The highest BCUT2D eigenvalue weighted by atomic mass is 32.1. The van der Waals surface area contributed by atoms with Crippen molar-refractivity contribution in [3.05, 3.63) is 95.1 Å². The van der Waals surface area contributed by atoms with E-state index in [-0.39, 0.29) is 18.0 Å². The predicted molar refractivity (Wildman–Crippen MR) is 132 cm³/mol. The van der Waals surface area contributed by atoms with Crippen LogP contribution in [0, 0.1) is 12.7 Å². The fourth-order valence-electron chi connectivity index (χ4n) is 3.65. The molecule has 4 aromatic rings. The molecule has 34 heavy (non-hydrogen) atoms. The van der Waals surface area contributed by atoms with Gasteiger partial charge in [0, 0.05) is 16.0 Å². The van der Waals surface area contributed by atoms with Crippen molar-refractivity contribution in [1.82, 2.24) is 0 Å². The van der Waals surface area contributed by atoms with Crippen LogP contribution in [-0.4, -0.2) is 25.6 Å². The highest BCUT2D eigenvalue weighted by molar-refractivity contribution is 7.17. The van der Waals surface area contributed by atoms with E-state index in [1.54, 1.807) is 18.2 Å². The van der Waals surface area contributed by atoms with Crippen LogP contribution in [0.4, 0.5) is 9.39 Å². The van der Waals surface area contributed by atoms with Gasteiger partial charge in [-0.3, -0.25) is 4.79 Å². The molecule has 3 aromatic carbocycles. The predicted octanol–water partition coefficient (Wildman–Crippen LogP) is 6.33. The number of carbonyl (C=O) groups is 2. The number of anilines is 1. The largest absolute Gasteiger partial charge is 0.483 e. The molecule has 0 unspecified atom stereocenters. The van der Waals surface area contributed by atoms with Crippen molar-refractivity contribution in [2.24, 2.45) is 0 Å². The van der Waals surface area contributed by atoms with Crippen LogP contribution >= 0.6 is 11.3 Å². The van der Waals surface area contributed by atoms with Gasteiger partial charge in [-0.05, 0) is 36.2 Å². The lowest BCUT2D eigenvalue weighted by molar-refractivity contribution is -0.118. The van der Waals surface area contributed by atoms with Crippen LogP contribution in [0.5, 0.6) is 5.75 Å². The molecular weight excluding hydrogens is 453 g/mol. The van der Waals surface area contributed by atoms with E-state index in [0.29, 0.717) is 21.9 Å². The second kappa shape index (κ2) is 10.3. The first-order valence-corrected chi connectivity index (χ1v) is 11.3. The Morgan fingerprint density at radius 3 is 2.29 bits per heavy atom. The third-order valence-electron chi connectivity index (χ3n) is 5.19. The van der Waals surface area contributed by atoms with E-state index >= 15 is 0 Å². The number of thiophene rings is 1. The van der Waals surface area contributed by atoms with Gasteiger partial charge in [-0.15, -0.1) is 11.3 Å². The second-order valence-electron chi connectivity index (χ2n) is 7.43. The molecule has 5 nitrogen and oxygen atoms in total. The molecule has 1 heterocycles. The Labute approximate surface area is 200 Å². The molecule has 0 fully saturated rings. The van der Waals surface area contributed by atoms with Crippen molar-refractivity contribution in [3.8, 4) is 28.0 Å². The highest BCUT2D eigenvalue weighted by Gasteiger charge is 2.25. The number of benzene rings is 3. The molecule has 7 heteroatoms. The van der Waals surface area contributed by atoms with Crippen molar-refractivity contribution in [2.75, 3.05) is 19.0 Å². The van der Waals surface area contributed by atoms with Crippen molar-refractivity contribution in [1.29, 1.82) is 0 Å². The average Bonchev–Trinajstić information content (AvgIpc) is 3.18. The molecule has 0 aliphatic carbocycles. The van der Waals surface area contributed by atoms with Crippen LogP contribution in [0.1, 0.15) is 15.2 Å². The van der Waals surface area contributed by atoms with Gasteiger partial charge in [0.05, 0.1) is 7.11 Å². The van der Waals surface area contributed by atoms with E-state index in [0.717, 1.165) is 16.0 Å². The molecule has 1 amide bonds. The van der Waals surface area contributed by atoms with Gasteiger partial charge in [-0.2, -0.15) is 0 Å². The number of amides is 1. The summed E-state index contributed by atoms with van der Waals surface area (Å²) in [6.45, 7) is 1.59. The standard InChI is InChI=1S/C27H22FNO4S/c1-17-24(19-12-14-20(28)15-13-19)25(27(31)32-2)26(34-17)29-23(30)16-33-22-11-7-6-10-21(22)18-8-4-3-5-9-18/h3-15H,16H2,1-2H3,(H,29,30). The Kier molecular flexibility index (Phi) is 7.04. The minimum atomic E-state index is -0.589. The summed E-state index contributed by atoms with van der Waals surface area (Å²) in [7, 11) is 1.28. The maximum absolute atomic E-state index is 13.4. The van der Waals surface area contributed by atoms with E-state index in [1.807, 2.05) is 55.5 Å². The molecule has 0 saturated carbocycles. The van der Waals surface area contributed by atoms with E-state index in [1.165, 1.54) is 30.6 Å². The summed E-state index contributed by atoms with van der Waals surface area (Å²) in [4.78, 5) is 26.2. The van der Waals surface area contributed by atoms with Gasteiger partial charge < -0.3 is 14.8 Å². The molecule has 0 radical (unpaired) electrons. The normalized spacial score (nSPS) is 10.6. The molecule has 1 aromatic heterocycles. The molecule has 0 aliphatic heterocycles. The number of aryl methyl sites for hydroxylation is 1. The molecule has 0 saturated heterocycles. The molecule has 1 N–H and O–H groups in total.